The molecule has 0 aromatic rings. The Morgan fingerprint density at radius 1 is 1.20 bits per heavy atom. The van der Waals surface area contributed by atoms with Crippen molar-refractivity contribution in [1.82, 2.24) is 10.6 Å². The van der Waals surface area contributed by atoms with Crippen LogP contribution in [-0.2, 0) is 4.79 Å². The maximum atomic E-state index is 12.4. The van der Waals surface area contributed by atoms with Gasteiger partial charge in [-0.15, -0.1) is 11.8 Å². The zero-order valence-electron chi connectivity index (χ0n) is 12.4. The Balaban J connectivity index is 1.45. The minimum atomic E-state index is 0.0383. The second-order valence-electron chi connectivity index (χ2n) is 7.78. The first-order chi connectivity index (χ1) is 9.64. The van der Waals surface area contributed by atoms with Gasteiger partial charge in [-0.2, -0.15) is 0 Å². The van der Waals surface area contributed by atoms with Gasteiger partial charge in [0.1, 0.15) is 0 Å². The molecule has 5 fully saturated rings. The van der Waals surface area contributed by atoms with Crippen LogP contribution in [0.5, 0.6) is 0 Å². The molecule has 2 unspecified atom stereocenters. The summed E-state index contributed by atoms with van der Waals surface area (Å²) in [6, 6.07) is 0.396. The van der Waals surface area contributed by atoms with Crippen molar-refractivity contribution in [2.45, 2.75) is 57.5 Å². The lowest BCUT2D eigenvalue weighted by Crippen LogP contribution is -2.57. The van der Waals surface area contributed by atoms with Gasteiger partial charge in [0.15, 0.2) is 0 Å². The third kappa shape index (κ3) is 2.19. The van der Waals surface area contributed by atoms with Crippen LogP contribution in [0.4, 0.5) is 0 Å². The maximum absolute atomic E-state index is 12.4. The lowest BCUT2D eigenvalue weighted by atomic mass is 9.48. The Labute approximate surface area is 126 Å². The van der Waals surface area contributed by atoms with Crippen molar-refractivity contribution in [1.29, 1.82) is 0 Å². The summed E-state index contributed by atoms with van der Waals surface area (Å²) in [5.74, 6) is 4.96. The summed E-state index contributed by atoms with van der Waals surface area (Å²) >= 11 is 1.83. The number of nitrogens with one attached hydrogen (secondary N) is 2. The largest absolute Gasteiger partial charge is 0.352 e. The summed E-state index contributed by atoms with van der Waals surface area (Å²) in [6.07, 6.45) is 8.52. The van der Waals surface area contributed by atoms with Crippen LogP contribution in [0.25, 0.3) is 0 Å². The third-order valence-electron chi connectivity index (χ3n) is 6.40. The molecule has 2 N–H and O–H groups in total. The fourth-order valence-corrected chi connectivity index (χ4v) is 6.68. The van der Waals surface area contributed by atoms with Crippen molar-refractivity contribution in [3.63, 3.8) is 0 Å². The van der Waals surface area contributed by atoms with E-state index >= 15 is 0 Å². The van der Waals surface area contributed by atoms with E-state index in [-0.39, 0.29) is 11.9 Å². The van der Waals surface area contributed by atoms with Gasteiger partial charge in [-0.05, 0) is 68.6 Å². The summed E-state index contributed by atoms with van der Waals surface area (Å²) in [5.41, 5.74) is 0.427. The molecule has 4 aliphatic carbocycles. The molecule has 1 aliphatic heterocycles. The van der Waals surface area contributed by atoms with Gasteiger partial charge >= 0.3 is 0 Å². The van der Waals surface area contributed by atoms with E-state index in [2.05, 4.69) is 17.6 Å². The summed E-state index contributed by atoms with van der Waals surface area (Å²) in [6.45, 7) is 2.27. The number of hydrogen-bond donors (Lipinski definition) is 2. The third-order valence-corrected chi connectivity index (χ3v) is 7.34. The molecule has 3 nitrogen and oxygen atoms in total. The molecule has 0 radical (unpaired) electrons. The van der Waals surface area contributed by atoms with Gasteiger partial charge in [-0.3, -0.25) is 10.1 Å². The van der Waals surface area contributed by atoms with Crippen LogP contribution in [0.15, 0.2) is 0 Å². The molecule has 112 valence electrons. The predicted octanol–water partition coefficient (Wildman–Crippen LogP) is 2.37. The quantitative estimate of drug-likeness (QED) is 0.839. The van der Waals surface area contributed by atoms with E-state index in [0.29, 0.717) is 11.5 Å². The Morgan fingerprint density at radius 3 is 2.30 bits per heavy atom. The molecule has 2 atom stereocenters. The van der Waals surface area contributed by atoms with Crippen LogP contribution < -0.4 is 10.6 Å². The van der Waals surface area contributed by atoms with Crippen LogP contribution in [0.2, 0.25) is 0 Å². The van der Waals surface area contributed by atoms with Crippen molar-refractivity contribution < 1.29 is 4.79 Å². The first kappa shape index (κ1) is 13.4. The lowest BCUT2D eigenvalue weighted by molar-refractivity contribution is -0.127. The van der Waals surface area contributed by atoms with E-state index in [0.717, 1.165) is 29.4 Å². The van der Waals surface area contributed by atoms with Crippen LogP contribution in [0.3, 0.4) is 0 Å². The van der Waals surface area contributed by atoms with Gasteiger partial charge in [-0.25, -0.2) is 0 Å². The van der Waals surface area contributed by atoms with Crippen LogP contribution in [-0.4, -0.2) is 29.6 Å². The minimum absolute atomic E-state index is 0.0383. The number of hydrogen-bond acceptors (Lipinski definition) is 3. The van der Waals surface area contributed by atoms with Crippen molar-refractivity contribution in [3.05, 3.63) is 0 Å². The average molecular weight is 294 g/mol. The van der Waals surface area contributed by atoms with Crippen molar-refractivity contribution >= 4 is 17.7 Å². The molecule has 5 rings (SSSR count). The van der Waals surface area contributed by atoms with E-state index in [1.54, 1.807) is 0 Å². The first-order valence-electron chi connectivity index (χ1n) is 8.26. The van der Waals surface area contributed by atoms with E-state index in [1.165, 1.54) is 38.5 Å². The Morgan fingerprint density at radius 2 is 1.80 bits per heavy atom. The molecule has 0 spiro atoms. The zero-order valence-corrected chi connectivity index (χ0v) is 13.2. The number of amides is 1. The van der Waals surface area contributed by atoms with Crippen LogP contribution in [0.1, 0.15) is 45.4 Å². The molecular formula is C16H26N2OS. The Bertz CT molecular complexity index is 370. The van der Waals surface area contributed by atoms with Gasteiger partial charge < -0.3 is 5.32 Å². The van der Waals surface area contributed by atoms with Gasteiger partial charge in [0.2, 0.25) is 5.91 Å². The highest BCUT2D eigenvalue weighted by atomic mass is 32.2. The molecule has 4 heteroatoms. The molecule has 5 aliphatic rings. The molecule has 20 heavy (non-hydrogen) atoms. The number of thioether (sulfide) groups is 1. The van der Waals surface area contributed by atoms with Crippen LogP contribution in [0, 0.1) is 23.2 Å². The molecule has 1 saturated heterocycles. The topological polar surface area (TPSA) is 41.1 Å². The monoisotopic (exact) mass is 294 g/mol. The Kier molecular flexibility index (Phi) is 3.30. The number of carbonyl (C=O) groups is 1. The minimum Gasteiger partial charge on any atom is -0.352 e. The van der Waals surface area contributed by atoms with Gasteiger partial charge in [-0.1, -0.05) is 0 Å². The van der Waals surface area contributed by atoms with Gasteiger partial charge in [0.05, 0.1) is 6.04 Å². The summed E-state index contributed by atoms with van der Waals surface area (Å²) in [5, 5.41) is 6.65. The summed E-state index contributed by atoms with van der Waals surface area (Å²) in [7, 11) is 0. The highest BCUT2D eigenvalue weighted by molar-refractivity contribution is 7.99. The first-order valence-corrected chi connectivity index (χ1v) is 9.41. The fourth-order valence-electron chi connectivity index (χ4n) is 5.74. The number of carbonyl (C=O) groups excluding carboxylic acids is 1. The summed E-state index contributed by atoms with van der Waals surface area (Å²) < 4.78 is 0. The second-order valence-corrected chi connectivity index (χ2v) is 8.81. The highest BCUT2D eigenvalue weighted by Crippen LogP contribution is 2.61. The maximum Gasteiger partial charge on any atom is 0.238 e. The lowest BCUT2D eigenvalue weighted by Gasteiger charge is -2.59. The normalized spacial score (nSPS) is 47.5. The van der Waals surface area contributed by atoms with Gasteiger partial charge in [0, 0.05) is 17.7 Å². The van der Waals surface area contributed by atoms with E-state index in [4.69, 9.17) is 0 Å². The molecule has 1 heterocycles. The van der Waals surface area contributed by atoms with Crippen molar-refractivity contribution in [2.24, 2.45) is 23.2 Å². The second kappa shape index (κ2) is 4.91. The molecule has 0 aromatic carbocycles. The predicted molar refractivity (Wildman–Crippen MR) is 82.5 cm³/mol. The fraction of sp³-hybridized carbons (Fsp3) is 0.938. The van der Waals surface area contributed by atoms with E-state index < -0.39 is 0 Å². The van der Waals surface area contributed by atoms with Gasteiger partial charge in [0.25, 0.3) is 0 Å². The molecular weight excluding hydrogens is 268 g/mol. The van der Waals surface area contributed by atoms with E-state index in [9.17, 15) is 4.79 Å². The average Bonchev–Trinajstić information content (AvgIpc) is 2.90. The van der Waals surface area contributed by atoms with Crippen molar-refractivity contribution in [3.8, 4) is 0 Å². The molecule has 0 aromatic heterocycles. The van der Waals surface area contributed by atoms with Crippen molar-refractivity contribution in [2.75, 3.05) is 11.6 Å². The standard InChI is InChI=1S/C16H26N2OS/c1-10(18-15(19)14-8-20-9-17-14)16-5-11-2-12(6-16)4-13(3-11)7-16/h10-14,17H,2-9H2,1H3,(H,18,19). The smallest absolute Gasteiger partial charge is 0.238 e. The van der Waals surface area contributed by atoms with E-state index in [1.807, 2.05) is 11.8 Å². The SMILES string of the molecule is CC(NC(=O)C1CSCN1)C12CC3CC(CC(C3)C1)C2. The molecule has 1 amide bonds. The molecule has 4 saturated carbocycles. The van der Waals surface area contributed by atoms with Crippen LogP contribution >= 0.6 is 11.8 Å². The Hall–Kier alpha value is -0.220. The summed E-state index contributed by atoms with van der Waals surface area (Å²) in [4.78, 5) is 12.4. The number of rotatable bonds is 3. The molecule has 4 bridgehead atoms. The highest BCUT2D eigenvalue weighted by Gasteiger charge is 2.53. The zero-order chi connectivity index (χ0) is 13.7.